The molecule has 1 aliphatic carbocycles. The van der Waals surface area contributed by atoms with Crippen molar-refractivity contribution >= 4 is 5.91 Å². The first-order chi connectivity index (χ1) is 7.63. The minimum absolute atomic E-state index is 0.0975. The molecule has 0 aliphatic heterocycles. The Bertz CT molecular complexity index is 213. The Kier molecular flexibility index (Phi) is 5.77. The van der Waals surface area contributed by atoms with Gasteiger partial charge in [-0.3, -0.25) is 4.79 Å². The average molecular weight is 228 g/mol. The molecule has 16 heavy (non-hydrogen) atoms. The minimum atomic E-state index is -0.138. The van der Waals surface area contributed by atoms with Crippen LogP contribution in [0.25, 0.3) is 0 Å². The van der Waals surface area contributed by atoms with Crippen LogP contribution in [0, 0.1) is 5.92 Å². The van der Waals surface area contributed by atoms with Crippen LogP contribution in [0.4, 0.5) is 0 Å². The standard InChI is InChI=1S/C12H24N2O2/c1-3-16-8-9(2)14-11-6-4-10(5-7-11)12(13)15/h9-11,14H,3-8H2,1-2H3,(H2,13,15). The van der Waals surface area contributed by atoms with E-state index in [0.29, 0.717) is 12.1 Å². The molecule has 1 rings (SSSR count). The third-order valence-corrected chi connectivity index (χ3v) is 3.22. The lowest BCUT2D eigenvalue weighted by Crippen LogP contribution is -2.42. The van der Waals surface area contributed by atoms with Crippen molar-refractivity contribution < 1.29 is 9.53 Å². The summed E-state index contributed by atoms with van der Waals surface area (Å²) in [6.45, 7) is 5.66. The monoisotopic (exact) mass is 228 g/mol. The zero-order chi connectivity index (χ0) is 12.0. The van der Waals surface area contributed by atoms with E-state index in [9.17, 15) is 4.79 Å². The predicted molar refractivity (Wildman–Crippen MR) is 64.0 cm³/mol. The summed E-state index contributed by atoms with van der Waals surface area (Å²) < 4.78 is 5.36. The first-order valence-corrected chi connectivity index (χ1v) is 6.26. The Morgan fingerprint density at radius 3 is 2.56 bits per heavy atom. The molecule has 0 aromatic carbocycles. The van der Waals surface area contributed by atoms with Gasteiger partial charge in [0.15, 0.2) is 0 Å². The van der Waals surface area contributed by atoms with Gasteiger partial charge in [0.2, 0.25) is 5.91 Å². The normalized spacial score (nSPS) is 27.6. The number of carbonyl (C=O) groups excluding carboxylic acids is 1. The number of hydrogen-bond donors (Lipinski definition) is 2. The number of nitrogens with two attached hydrogens (primary N) is 1. The molecule has 4 nitrogen and oxygen atoms in total. The molecule has 0 saturated heterocycles. The van der Waals surface area contributed by atoms with E-state index in [-0.39, 0.29) is 11.8 Å². The lowest BCUT2D eigenvalue weighted by molar-refractivity contribution is -0.122. The van der Waals surface area contributed by atoms with Gasteiger partial charge in [0.05, 0.1) is 6.61 Å². The number of ether oxygens (including phenoxy) is 1. The van der Waals surface area contributed by atoms with Crippen molar-refractivity contribution in [1.29, 1.82) is 0 Å². The van der Waals surface area contributed by atoms with Crippen LogP contribution in [0.5, 0.6) is 0 Å². The first-order valence-electron chi connectivity index (χ1n) is 6.26. The zero-order valence-electron chi connectivity index (χ0n) is 10.4. The Morgan fingerprint density at radius 2 is 2.06 bits per heavy atom. The van der Waals surface area contributed by atoms with Crippen LogP contribution in [0.3, 0.4) is 0 Å². The van der Waals surface area contributed by atoms with E-state index >= 15 is 0 Å². The van der Waals surface area contributed by atoms with Crippen molar-refractivity contribution in [3.63, 3.8) is 0 Å². The maximum absolute atomic E-state index is 11.0. The number of primary amides is 1. The van der Waals surface area contributed by atoms with Gasteiger partial charge in [-0.1, -0.05) is 0 Å². The molecular formula is C12H24N2O2. The van der Waals surface area contributed by atoms with E-state index in [0.717, 1.165) is 38.9 Å². The minimum Gasteiger partial charge on any atom is -0.380 e. The van der Waals surface area contributed by atoms with Crippen molar-refractivity contribution in [1.82, 2.24) is 5.32 Å². The van der Waals surface area contributed by atoms with Gasteiger partial charge in [-0.2, -0.15) is 0 Å². The average Bonchev–Trinajstić information content (AvgIpc) is 2.27. The summed E-state index contributed by atoms with van der Waals surface area (Å²) in [6.07, 6.45) is 3.94. The number of carbonyl (C=O) groups is 1. The fraction of sp³-hybridized carbons (Fsp3) is 0.917. The van der Waals surface area contributed by atoms with Crippen molar-refractivity contribution in [2.45, 2.75) is 51.6 Å². The molecule has 3 N–H and O–H groups in total. The first kappa shape index (κ1) is 13.5. The fourth-order valence-electron chi connectivity index (χ4n) is 2.29. The van der Waals surface area contributed by atoms with Crippen LogP contribution in [0.1, 0.15) is 39.5 Å². The van der Waals surface area contributed by atoms with Gasteiger partial charge < -0.3 is 15.8 Å². The molecule has 1 fully saturated rings. The number of nitrogens with one attached hydrogen (secondary N) is 1. The van der Waals surface area contributed by atoms with Crippen LogP contribution in [-0.4, -0.2) is 31.2 Å². The number of amides is 1. The second-order valence-electron chi connectivity index (χ2n) is 4.68. The van der Waals surface area contributed by atoms with Crippen molar-refractivity contribution in [3.8, 4) is 0 Å². The van der Waals surface area contributed by atoms with E-state index in [4.69, 9.17) is 10.5 Å². The van der Waals surface area contributed by atoms with Crippen LogP contribution < -0.4 is 11.1 Å². The van der Waals surface area contributed by atoms with Gasteiger partial charge in [-0.25, -0.2) is 0 Å². The molecule has 1 unspecified atom stereocenters. The van der Waals surface area contributed by atoms with Crippen molar-refractivity contribution in [2.75, 3.05) is 13.2 Å². The molecule has 4 heteroatoms. The Morgan fingerprint density at radius 1 is 1.44 bits per heavy atom. The Balaban J connectivity index is 2.18. The van der Waals surface area contributed by atoms with E-state index in [1.165, 1.54) is 0 Å². The summed E-state index contributed by atoms with van der Waals surface area (Å²) in [4.78, 5) is 11.0. The third kappa shape index (κ3) is 4.49. The molecule has 1 amide bonds. The molecule has 1 saturated carbocycles. The molecule has 0 aromatic rings. The van der Waals surface area contributed by atoms with E-state index < -0.39 is 0 Å². The molecule has 0 bridgehead atoms. The topological polar surface area (TPSA) is 64.3 Å². The van der Waals surface area contributed by atoms with Gasteiger partial charge in [0.1, 0.15) is 0 Å². The molecule has 0 heterocycles. The van der Waals surface area contributed by atoms with Crippen LogP contribution in [0.2, 0.25) is 0 Å². The Hall–Kier alpha value is -0.610. The third-order valence-electron chi connectivity index (χ3n) is 3.22. The van der Waals surface area contributed by atoms with Crippen LogP contribution in [0.15, 0.2) is 0 Å². The van der Waals surface area contributed by atoms with Crippen LogP contribution in [-0.2, 0) is 9.53 Å². The van der Waals surface area contributed by atoms with Gasteiger partial charge in [0.25, 0.3) is 0 Å². The highest BCUT2D eigenvalue weighted by atomic mass is 16.5. The molecule has 0 spiro atoms. The number of hydrogen-bond acceptors (Lipinski definition) is 3. The highest BCUT2D eigenvalue weighted by molar-refractivity contribution is 5.76. The molecule has 0 radical (unpaired) electrons. The lowest BCUT2D eigenvalue weighted by atomic mass is 9.85. The number of rotatable bonds is 6. The maximum atomic E-state index is 11.0. The Labute approximate surface area is 97.9 Å². The van der Waals surface area contributed by atoms with Gasteiger partial charge in [0, 0.05) is 24.6 Å². The lowest BCUT2D eigenvalue weighted by Gasteiger charge is -2.29. The predicted octanol–water partition coefficient (Wildman–Crippen LogP) is 1.05. The van der Waals surface area contributed by atoms with Gasteiger partial charge in [-0.15, -0.1) is 0 Å². The van der Waals surface area contributed by atoms with E-state index in [2.05, 4.69) is 12.2 Å². The summed E-state index contributed by atoms with van der Waals surface area (Å²) in [5.41, 5.74) is 5.30. The fourth-order valence-corrected chi connectivity index (χ4v) is 2.29. The summed E-state index contributed by atoms with van der Waals surface area (Å²) >= 11 is 0. The SMILES string of the molecule is CCOCC(C)NC1CCC(C(N)=O)CC1. The molecule has 1 atom stereocenters. The highest BCUT2D eigenvalue weighted by Crippen LogP contribution is 2.24. The zero-order valence-corrected chi connectivity index (χ0v) is 10.4. The molecule has 0 aromatic heterocycles. The maximum Gasteiger partial charge on any atom is 0.220 e. The quantitative estimate of drug-likeness (QED) is 0.714. The summed E-state index contributed by atoms with van der Waals surface area (Å²) in [5, 5.41) is 3.54. The van der Waals surface area contributed by atoms with E-state index in [1.54, 1.807) is 0 Å². The van der Waals surface area contributed by atoms with Gasteiger partial charge in [-0.05, 0) is 39.5 Å². The van der Waals surface area contributed by atoms with E-state index in [1.807, 2.05) is 6.92 Å². The smallest absolute Gasteiger partial charge is 0.220 e. The summed E-state index contributed by atoms with van der Waals surface area (Å²) in [6, 6.07) is 0.904. The van der Waals surface area contributed by atoms with Gasteiger partial charge >= 0.3 is 0 Å². The molecular weight excluding hydrogens is 204 g/mol. The molecule has 1 aliphatic rings. The second kappa shape index (κ2) is 6.86. The molecule has 94 valence electrons. The van der Waals surface area contributed by atoms with Crippen LogP contribution >= 0.6 is 0 Å². The second-order valence-corrected chi connectivity index (χ2v) is 4.68. The van der Waals surface area contributed by atoms with Crippen molar-refractivity contribution in [2.24, 2.45) is 11.7 Å². The van der Waals surface area contributed by atoms with Crippen molar-refractivity contribution in [3.05, 3.63) is 0 Å². The highest BCUT2D eigenvalue weighted by Gasteiger charge is 2.25. The largest absolute Gasteiger partial charge is 0.380 e. The summed E-state index contributed by atoms with van der Waals surface area (Å²) in [5.74, 6) is -0.0407. The summed E-state index contributed by atoms with van der Waals surface area (Å²) in [7, 11) is 0.